The van der Waals surface area contributed by atoms with Crippen LogP contribution in [0.3, 0.4) is 0 Å². The molecule has 4 nitrogen and oxygen atoms in total. The summed E-state index contributed by atoms with van der Waals surface area (Å²) in [6.07, 6.45) is 3.20. The van der Waals surface area contributed by atoms with E-state index in [1.165, 1.54) is 22.8 Å². The summed E-state index contributed by atoms with van der Waals surface area (Å²) in [5, 5.41) is 10.0. The number of nitrogens with zero attached hydrogens (tertiary/aromatic N) is 2. The summed E-state index contributed by atoms with van der Waals surface area (Å²) in [5.74, 6) is 0.115. The topological polar surface area (TPSA) is 55.1 Å². The van der Waals surface area contributed by atoms with Crippen LogP contribution in [0.25, 0.3) is 28.7 Å². The fraction of sp³-hybridized carbons (Fsp3) is 0. The standard InChI is InChI=1S/C22H15FN2O2/c23-19-7-3-1-5-15(19)9-14-21-24-20-8-4-2-6-18(20)22(27)25(21)16-10-12-17(26)13-11-16/h1-14,26H. The molecule has 4 aromatic rings. The molecule has 0 atom stereocenters. The summed E-state index contributed by atoms with van der Waals surface area (Å²) in [5.41, 5.74) is 1.28. The first-order valence-electron chi connectivity index (χ1n) is 8.37. The highest BCUT2D eigenvalue weighted by atomic mass is 19.1. The maximum Gasteiger partial charge on any atom is 0.266 e. The molecule has 0 amide bonds. The zero-order valence-corrected chi connectivity index (χ0v) is 14.2. The van der Waals surface area contributed by atoms with Crippen molar-refractivity contribution in [1.82, 2.24) is 9.55 Å². The van der Waals surface area contributed by atoms with E-state index < -0.39 is 0 Å². The highest BCUT2D eigenvalue weighted by Gasteiger charge is 2.11. The van der Waals surface area contributed by atoms with Crippen LogP contribution in [-0.2, 0) is 0 Å². The molecule has 0 radical (unpaired) electrons. The first kappa shape index (κ1) is 16.7. The molecular weight excluding hydrogens is 343 g/mol. The number of phenolic OH excluding ortho intramolecular Hbond substituents is 1. The lowest BCUT2D eigenvalue weighted by molar-refractivity contribution is 0.475. The fourth-order valence-electron chi connectivity index (χ4n) is 2.89. The van der Waals surface area contributed by atoms with E-state index in [1.807, 2.05) is 6.07 Å². The lowest BCUT2D eigenvalue weighted by Crippen LogP contribution is -2.22. The maximum absolute atomic E-state index is 13.9. The smallest absolute Gasteiger partial charge is 0.266 e. The van der Waals surface area contributed by atoms with E-state index in [0.717, 1.165) is 0 Å². The Morgan fingerprint density at radius 3 is 2.37 bits per heavy atom. The van der Waals surface area contributed by atoms with Crippen molar-refractivity contribution in [2.24, 2.45) is 0 Å². The molecule has 1 N–H and O–H groups in total. The zero-order valence-electron chi connectivity index (χ0n) is 14.2. The molecule has 27 heavy (non-hydrogen) atoms. The predicted octanol–water partition coefficient (Wildman–Crippen LogP) is 4.40. The third-order valence-electron chi connectivity index (χ3n) is 4.23. The summed E-state index contributed by atoms with van der Waals surface area (Å²) in [7, 11) is 0. The largest absolute Gasteiger partial charge is 0.508 e. The van der Waals surface area contributed by atoms with Gasteiger partial charge in [0.15, 0.2) is 0 Å². The van der Waals surface area contributed by atoms with Gasteiger partial charge in [0.05, 0.1) is 16.6 Å². The van der Waals surface area contributed by atoms with E-state index >= 15 is 0 Å². The van der Waals surface area contributed by atoms with Crippen LogP contribution in [0, 0.1) is 5.82 Å². The Morgan fingerprint density at radius 1 is 0.889 bits per heavy atom. The summed E-state index contributed by atoms with van der Waals surface area (Å²) in [6, 6.07) is 19.7. The van der Waals surface area contributed by atoms with Crippen molar-refractivity contribution in [3.05, 3.63) is 100 Å². The van der Waals surface area contributed by atoms with Crippen LogP contribution in [0.1, 0.15) is 11.4 Å². The van der Waals surface area contributed by atoms with E-state index in [0.29, 0.717) is 28.0 Å². The van der Waals surface area contributed by atoms with Gasteiger partial charge in [-0.2, -0.15) is 0 Å². The lowest BCUT2D eigenvalue weighted by atomic mass is 10.2. The zero-order chi connectivity index (χ0) is 18.8. The Hall–Kier alpha value is -3.73. The number of para-hydroxylation sites is 1. The highest BCUT2D eigenvalue weighted by Crippen LogP contribution is 2.18. The van der Waals surface area contributed by atoms with Crippen LogP contribution in [0.2, 0.25) is 0 Å². The molecule has 0 fully saturated rings. The van der Waals surface area contributed by atoms with Crippen molar-refractivity contribution in [3.63, 3.8) is 0 Å². The molecule has 0 saturated carbocycles. The van der Waals surface area contributed by atoms with Gasteiger partial charge < -0.3 is 5.11 Å². The van der Waals surface area contributed by atoms with Crippen LogP contribution >= 0.6 is 0 Å². The van der Waals surface area contributed by atoms with E-state index in [9.17, 15) is 14.3 Å². The summed E-state index contributed by atoms with van der Waals surface area (Å²) >= 11 is 0. The van der Waals surface area contributed by atoms with Gasteiger partial charge in [-0.05, 0) is 54.6 Å². The first-order valence-corrected chi connectivity index (χ1v) is 8.37. The molecule has 0 unspecified atom stereocenters. The Balaban J connectivity index is 1.95. The van der Waals surface area contributed by atoms with E-state index in [4.69, 9.17) is 0 Å². The molecular formula is C22H15FN2O2. The number of rotatable bonds is 3. The van der Waals surface area contributed by atoms with Crippen molar-refractivity contribution in [2.75, 3.05) is 0 Å². The summed E-state index contributed by atoms with van der Waals surface area (Å²) in [6.45, 7) is 0. The van der Waals surface area contributed by atoms with Crippen LogP contribution in [0.4, 0.5) is 4.39 Å². The summed E-state index contributed by atoms with van der Waals surface area (Å²) in [4.78, 5) is 17.6. The van der Waals surface area contributed by atoms with Gasteiger partial charge in [-0.25, -0.2) is 9.37 Å². The van der Waals surface area contributed by atoms with E-state index in [-0.39, 0.29) is 17.1 Å². The van der Waals surface area contributed by atoms with Gasteiger partial charge in [-0.15, -0.1) is 0 Å². The van der Waals surface area contributed by atoms with Crippen LogP contribution in [0.5, 0.6) is 5.75 Å². The second-order valence-electron chi connectivity index (χ2n) is 6.00. The van der Waals surface area contributed by atoms with Crippen molar-refractivity contribution >= 4 is 23.1 Å². The second-order valence-corrected chi connectivity index (χ2v) is 6.00. The Kier molecular flexibility index (Phi) is 4.26. The first-order chi connectivity index (χ1) is 13.1. The number of hydrogen-bond donors (Lipinski definition) is 1. The molecule has 0 aliphatic rings. The molecule has 1 aromatic heterocycles. The number of hydrogen-bond acceptors (Lipinski definition) is 3. The molecule has 132 valence electrons. The van der Waals surface area contributed by atoms with Gasteiger partial charge in [0, 0.05) is 5.56 Å². The molecule has 0 aliphatic carbocycles. The van der Waals surface area contributed by atoms with Gasteiger partial charge in [0.1, 0.15) is 17.4 Å². The van der Waals surface area contributed by atoms with Gasteiger partial charge in [-0.3, -0.25) is 9.36 Å². The normalized spacial score (nSPS) is 11.3. The maximum atomic E-state index is 13.9. The molecule has 4 rings (SSSR count). The van der Waals surface area contributed by atoms with Gasteiger partial charge in [0.2, 0.25) is 0 Å². The van der Waals surface area contributed by atoms with Crippen molar-refractivity contribution < 1.29 is 9.50 Å². The minimum atomic E-state index is -0.354. The number of halogens is 1. The minimum absolute atomic E-state index is 0.101. The number of fused-ring (bicyclic) bond motifs is 1. The molecule has 0 spiro atoms. The Bertz CT molecular complexity index is 1210. The van der Waals surface area contributed by atoms with E-state index in [1.54, 1.807) is 60.7 Å². The molecule has 3 aromatic carbocycles. The number of benzene rings is 3. The van der Waals surface area contributed by atoms with Crippen LogP contribution in [0.15, 0.2) is 77.6 Å². The van der Waals surface area contributed by atoms with Crippen molar-refractivity contribution in [1.29, 1.82) is 0 Å². The average Bonchev–Trinajstić information content (AvgIpc) is 2.69. The third-order valence-corrected chi connectivity index (χ3v) is 4.23. The Morgan fingerprint density at radius 2 is 1.59 bits per heavy atom. The SMILES string of the molecule is O=c1c2ccccc2nc(C=Cc2ccccc2F)n1-c1ccc(O)cc1. The molecule has 5 heteroatoms. The molecule has 0 bridgehead atoms. The number of phenols is 1. The van der Waals surface area contributed by atoms with Crippen LogP contribution in [-0.4, -0.2) is 14.7 Å². The van der Waals surface area contributed by atoms with Gasteiger partial charge >= 0.3 is 0 Å². The Labute approximate surface area is 154 Å². The monoisotopic (exact) mass is 358 g/mol. The average molecular weight is 358 g/mol. The summed E-state index contributed by atoms with van der Waals surface area (Å²) < 4.78 is 15.4. The van der Waals surface area contributed by atoms with Gasteiger partial charge in [0.25, 0.3) is 5.56 Å². The quantitative estimate of drug-likeness (QED) is 0.590. The highest BCUT2D eigenvalue weighted by molar-refractivity contribution is 5.80. The molecule has 1 heterocycles. The third kappa shape index (κ3) is 3.22. The molecule has 0 saturated heterocycles. The van der Waals surface area contributed by atoms with Crippen LogP contribution < -0.4 is 5.56 Å². The van der Waals surface area contributed by atoms with Crippen molar-refractivity contribution in [3.8, 4) is 11.4 Å². The molecule has 0 aliphatic heterocycles. The van der Waals surface area contributed by atoms with E-state index in [2.05, 4.69) is 4.98 Å². The van der Waals surface area contributed by atoms with Crippen molar-refractivity contribution in [2.45, 2.75) is 0 Å². The van der Waals surface area contributed by atoms with Gasteiger partial charge in [-0.1, -0.05) is 30.3 Å². The lowest BCUT2D eigenvalue weighted by Gasteiger charge is -2.11. The fourth-order valence-corrected chi connectivity index (χ4v) is 2.89. The second kappa shape index (κ2) is 6.88. The predicted molar refractivity (Wildman–Crippen MR) is 104 cm³/mol. The minimum Gasteiger partial charge on any atom is -0.508 e. The number of aromatic nitrogens is 2. The number of aromatic hydroxyl groups is 1.